The first-order valence-corrected chi connectivity index (χ1v) is 10.1. The molecule has 8 nitrogen and oxygen atoms in total. The third-order valence-corrected chi connectivity index (χ3v) is 3.61. The lowest BCUT2D eigenvalue weighted by Crippen LogP contribution is -2.39. The van der Waals surface area contributed by atoms with Gasteiger partial charge < -0.3 is 30.2 Å². The standard InChI is InChI=1S/C21H36N4O4/c1-7-22-19(23-12-9-13-24-20(26)29-21(3,4)5)25-15-16-10-11-17(28-8-2)18(14-16)27-6/h10-11,14H,7-9,12-13,15H2,1-6H3,(H,24,26)(H2,22,23,25). The largest absolute Gasteiger partial charge is 0.493 e. The van der Waals surface area contributed by atoms with E-state index in [0.29, 0.717) is 32.0 Å². The Hall–Kier alpha value is -2.64. The van der Waals surface area contributed by atoms with E-state index in [1.807, 2.05) is 52.8 Å². The summed E-state index contributed by atoms with van der Waals surface area (Å²) in [6, 6.07) is 5.81. The number of carbonyl (C=O) groups excluding carboxylic acids is 1. The van der Waals surface area contributed by atoms with E-state index in [-0.39, 0.29) is 0 Å². The summed E-state index contributed by atoms with van der Waals surface area (Å²) in [6.07, 6.45) is 0.350. The van der Waals surface area contributed by atoms with Gasteiger partial charge in [-0.15, -0.1) is 0 Å². The predicted octanol–water partition coefficient (Wildman–Crippen LogP) is 3.06. The van der Waals surface area contributed by atoms with Crippen molar-refractivity contribution in [1.82, 2.24) is 16.0 Å². The molecule has 1 aromatic carbocycles. The zero-order valence-corrected chi connectivity index (χ0v) is 18.6. The van der Waals surface area contributed by atoms with E-state index in [4.69, 9.17) is 14.2 Å². The number of alkyl carbamates (subject to hydrolysis) is 1. The van der Waals surface area contributed by atoms with Crippen molar-refractivity contribution in [3.63, 3.8) is 0 Å². The smallest absolute Gasteiger partial charge is 0.407 e. The molecule has 0 atom stereocenters. The van der Waals surface area contributed by atoms with Crippen LogP contribution in [0.2, 0.25) is 0 Å². The summed E-state index contributed by atoms with van der Waals surface area (Å²) >= 11 is 0. The van der Waals surface area contributed by atoms with Gasteiger partial charge in [0, 0.05) is 19.6 Å². The first kappa shape index (κ1) is 24.4. The van der Waals surface area contributed by atoms with Crippen LogP contribution in [0.15, 0.2) is 23.2 Å². The van der Waals surface area contributed by atoms with Crippen molar-refractivity contribution in [3.05, 3.63) is 23.8 Å². The number of ether oxygens (including phenoxy) is 3. The second kappa shape index (κ2) is 12.7. The molecule has 1 aromatic rings. The molecular formula is C21H36N4O4. The molecule has 29 heavy (non-hydrogen) atoms. The van der Waals surface area contributed by atoms with E-state index in [1.54, 1.807) is 7.11 Å². The van der Waals surface area contributed by atoms with E-state index >= 15 is 0 Å². The van der Waals surface area contributed by atoms with Crippen LogP contribution in [0.1, 0.15) is 46.6 Å². The van der Waals surface area contributed by atoms with Crippen LogP contribution in [-0.2, 0) is 11.3 Å². The summed E-state index contributed by atoms with van der Waals surface area (Å²) in [4.78, 5) is 16.2. The number of amides is 1. The quantitative estimate of drug-likeness (QED) is 0.313. The predicted molar refractivity (Wildman–Crippen MR) is 116 cm³/mol. The first-order chi connectivity index (χ1) is 13.8. The van der Waals surface area contributed by atoms with Crippen molar-refractivity contribution in [3.8, 4) is 11.5 Å². The Labute approximate surface area is 174 Å². The normalized spacial score (nSPS) is 11.6. The molecule has 0 saturated heterocycles. The summed E-state index contributed by atoms with van der Waals surface area (Å²) in [6.45, 7) is 12.5. The number of rotatable bonds is 10. The first-order valence-electron chi connectivity index (χ1n) is 10.1. The number of aliphatic imine (C=N–C) groups is 1. The zero-order chi connectivity index (χ0) is 21.7. The van der Waals surface area contributed by atoms with Gasteiger partial charge in [-0.2, -0.15) is 0 Å². The van der Waals surface area contributed by atoms with Crippen molar-refractivity contribution in [1.29, 1.82) is 0 Å². The van der Waals surface area contributed by atoms with E-state index in [2.05, 4.69) is 20.9 Å². The summed E-state index contributed by atoms with van der Waals surface area (Å²) in [5, 5.41) is 9.22. The van der Waals surface area contributed by atoms with Gasteiger partial charge in [0.2, 0.25) is 0 Å². The minimum atomic E-state index is -0.489. The lowest BCUT2D eigenvalue weighted by atomic mass is 10.2. The molecule has 3 N–H and O–H groups in total. The minimum Gasteiger partial charge on any atom is -0.493 e. The SMILES string of the molecule is CCNC(=NCc1ccc(OCC)c(OC)c1)NCCCNC(=O)OC(C)(C)C. The molecule has 0 saturated carbocycles. The molecule has 0 bridgehead atoms. The molecule has 0 heterocycles. The van der Waals surface area contributed by atoms with Crippen molar-refractivity contribution in [2.24, 2.45) is 4.99 Å². The molecule has 164 valence electrons. The number of hydrogen-bond donors (Lipinski definition) is 3. The zero-order valence-electron chi connectivity index (χ0n) is 18.6. The number of nitrogens with zero attached hydrogens (tertiary/aromatic N) is 1. The topological polar surface area (TPSA) is 93.2 Å². The lowest BCUT2D eigenvalue weighted by Gasteiger charge is -2.19. The van der Waals surface area contributed by atoms with E-state index in [0.717, 1.165) is 30.2 Å². The van der Waals surface area contributed by atoms with Gasteiger partial charge in [-0.05, 0) is 58.7 Å². The van der Waals surface area contributed by atoms with Gasteiger partial charge in [-0.25, -0.2) is 9.79 Å². The Morgan fingerprint density at radius 1 is 1.07 bits per heavy atom. The minimum absolute atomic E-state index is 0.400. The number of carbonyl (C=O) groups is 1. The van der Waals surface area contributed by atoms with Crippen LogP contribution in [0.25, 0.3) is 0 Å². The van der Waals surface area contributed by atoms with Crippen molar-refractivity contribution in [2.75, 3.05) is 33.4 Å². The highest BCUT2D eigenvalue weighted by molar-refractivity contribution is 5.79. The van der Waals surface area contributed by atoms with Crippen LogP contribution in [0, 0.1) is 0 Å². The molecular weight excluding hydrogens is 372 g/mol. The summed E-state index contributed by atoms with van der Waals surface area (Å²) < 4.78 is 16.1. The van der Waals surface area contributed by atoms with Crippen molar-refractivity contribution < 1.29 is 19.0 Å². The lowest BCUT2D eigenvalue weighted by molar-refractivity contribution is 0.0527. The van der Waals surface area contributed by atoms with Gasteiger partial charge in [0.1, 0.15) is 5.60 Å². The third kappa shape index (κ3) is 10.5. The Balaban J connectivity index is 2.49. The fourth-order valence-corrected chi connectivity index (χ4v) is 2.40. The fourth-order valence-electron chi connectivity index (χ4n) is 2.40. The molecule has 0 aliphatic carbocycles. The Bertz CT molecular complexity index is 657. The highest BCUT2D eigenvalue weighted by Crippen LogP contribution is 2.28. The van der Waals surface area contributed by atoms with Crippen LogP contribution in [0.4, 0.5) is 4.79 Å². The molecule has 1 amide bonds. The molecule has 0 aromatic heterocycles. The summed E-state index contributed by atoms with van der Waals surface area (Å²) in [5.41, 5.74) is 0.533. The average molecular weight is 409 g/mol. The number of nitrogens with one attached hydrogen (secondary N) is 3. The summed E-state index contributed by atoms with van der Waals surface area (Å²) in [7, 11) is 1.63. The van der Waals surface area contributed by atoms with Gasteiger partial charge in [0.25, 0.3) is 0 Å². The van der Waals surface area contributed by atoms with Gasteiger partial charge in [-0.3, -0.25) is 0 Å². The highest BCUT2D eigenvalue weighted by atomic mass is 16.6. The molecule has 0 aliphatic rings. The molecule has 8 heteroatoms. The Morgan fingerprint density at radius 3 is 2.41 bits per heavy atom. The van der Waals surface area contributed by atoms with E-state index in [9.17, 15) is 4.79 Å². The number of benzene rings is 1. The number of methoxy groups -OCH3 is 1. The average Bonchev–Trinajstić information content (AvgIpc) is 2.65. The second-order valence-corrected chi connectivity index (χ2v) is 7.32. The van der Waals surface area contributed by atoms with E-state index in [1.165, 1.54) is 0 Å². The van der Waals surface area contributed by atoms with Crippen LogP contribution < -0.4 is 25.4 Å². The monoisotopic (exact) mass is 408 g/mol. The third-order valence-electron chi connectivity index (χ3n) is 3.61. The maximum Gasteiger partial charge on any atom is 0.407 e. The van der Waals surface area contributed by atoms with Crippen molar-refractivity contribution in [2.45, 2.75) is 53.2 Å². The van der Waals surface area contributed by atoms with Crippen LogP contribution in [0.3, 0.4) is 0 Å². The highest BCUT2D eigenvalue weighted by Gasteiger charge is 2.15. The number of hydrogen-bond acceptors (Lipinski definition) is 5. The Kier molecular flexibility index (Phi) is 10.7. The molecule has 0 radical (unpaired) electrons. The number of guanidine groups is 1. The Morgan fingerprint density at radius 2 is 1.79 bits per heavy atom. The molecule has 0 aliphatic heterocycles. The fraction of sp³-hybridized carbons (Fsp3) is 0.619. The molecule has 0 spiro atoms. The second-order valence-electron chi connectivity index (χ2n) is 7.32. The van der Waals surface area contributed by atoms with Crippen LogP contribution >= 0.6 is 0 Å². The van der Waals surface area contributed by atoms with E-state index < -0.39 is 11.7 Å². The van der Waals surface area contributed by atoms with Crippen molar-refractivity contribution >= 4 is 12.1 Å². The maximum atomic E-state index is 11.6. The molecule has 0 fully saturated rings. The van der Waals surface area contributed by atoms with Crippen LogP contribution in [0.5, 0.6) is 11.5 Å². The van der Waals surface area contributed by atoms with Gasteiger partial charge in [0.05, 0.1) is 20.3 Å². The van der Waals surface area contributed by atoms with Gasteiger partial charge in [0.15, 0.2) is 17.5 Å². The summed E-state index contributed by atoms with van der Waals surface area (Å²) in [5.74, 6) is 2.15. The van der Waals surface area contributed by atoms with Crippen LogP contribution in [-0.4, -0.2) is 51.0 Å². The molecule has 0 unspecified atom stereocenters. The maximum absolute atomic E-state index is 11.6. The molecule has 1 rings (SSSR count). The van der Waals surface area contributed by atoms with Gasteiger partial charge in [-0.1, -0.05) is 6.07 Å². The van der Waals surface area contributed by atoms with Gasteiger partial charge >= 0.3 is 6.09 Å².